The Morgan fingerprint density at radius 3 is 1.57 bits per heavy atom. The van der Waals surface area contributed by atoms with E-state index in [0.717, 1.165) is 0 Å². The minimum atomic E-state index is 1.20. The Kier molecular flexibility index (Phi) is 20.1. The van der Waals surface area contributed by atoms with Crippen LogP contribution in [0, 0.1) is 0 Å². The maximum atomic E-state index is 4.82. The lowest BCUT2D eigenvalue weighted by molar-refractivity contribution is 0.338. The average Bonchev–Trinajstić information content (AvgIpc) is 2.57. The fourth-order valence-corrected chi connectivity index (χ4v) is 2.71. The summed E-state index contributed by atoms with van der Waals surface area (Å²) in [6.45, 7) is 2.29. The summed E-state index contributed by atoms with van der Waals surface area (Å²) in [5.74, 6) is 0. The topological polar surface area (TPSA) is 9.23 Å². The van der Waals surface area contributed by atoms with Crippen LogP contribution in [0.2, 0.25) is 0 Å². The Morgan fingerprint density at radius 1 is 0.565 bits per heavy atom. The Morgan fingerprint density at radius 2 is 1.04 bits per heavy atom. The summed E-state index contributed by atoms with van der Waals surface area (Å²) in [4.78, 5) is 0. The van der Waals surface area contributed by atoms with Crippen LogP contribution in [-0.2, 0) is 4.74 Å². The molecule has 0 bridgehead atoms. The highest BCUT2D eigenvalue weighted by Crippen LogP contribution is 2.12. The van der Waals surface area contributed by atoms with Crippen LogP contribution in [0.1, 0.15) is 96.8 Å². The van der Waals surface area contributed by atoms with Gasteiger partial charge in [0.1, 0.15) is 0 Å². The van der Waals surface area contributed by atoms with E-state index in [4.69, 9.17) is 4.74 Å². The number of hydrogen-bond donors (Lipinski definition) is 0. The molecule has 0 aliphatic heterocycles. The van der Waals surface area contributed by atoms with Gasteiger partial charge in [0.2, 0.25) is 0 Å². The lowest BCUT2D eigenvalue weighted by Crippen LogP contribution is -1.82. The fourth-order valence-electron chi connectivity index (χ4n) is 2.71. The summed E-state index contributed by atoms with van der Waals surface area (Å²) >= 11 is 0. The van der Waals surface area contributed by atoms with Gasteiger partial charge in [-0.25, -0.2) is 0 Å². The van der Waals surface area contributed by atoms with E-state index in [9.17, 15) is 0 Å². The number of methoxy groups -OCH3 is 1. The van der Waals surface area contributed by atoms with E-state index in [1.54, 1.807) is 13.4 Å². The molecule has 0 aromatic carbocycles. The minimum Gasteiger partial charge on any atom is -0.504 e. The van der Waals surface area contributed by atoms with Crippen molar-refractivity contribution < 1.29 is 4.74 Å². The number of unbranched alkanes of at least 4 members (excludes halogenated alkanes) is 13. The van der Waals surface area contributed by atoms with Crippen molar-refractivity contribution in [1.29, 1.82) is 0 Å². The van der Waals surface area contributed by atoms with Gasteiger partial charge >= 0.3 is 0 Å². The van der Waals surface area contributed by atoms with Crippen molar-refractivity contribution >= 4 is 0 Å². The van der Waals surface area contributed by atoms with Gasteiger partial charge in [0.25, 0.3) is 0 Å². The Hall–Kier alpha value is -0.980. The highest BCUT2D eigenvalue weighted by molar-refractivity contribution is 5.09. The normalized spacial score (nSPS) is 12.1. The molecule has 0 saturated carbocycles. The molecule has 0 fully saturated rings. The second-order valence-corrected chi connectivity index (χ2v) is 6.41. The molecule has 0 unspecified atom stereocenters. The average molecular weight is 321 g/mol. The number of hydrogen-bond acceptors (Lipinski definition) is 1. The molecule has 0 aliphatic rings. The van der Waals surface area contributed by atoms with Crippen LogP contribution < -0.4 is 0 Å². The highest BCUT2D eigenvalue weighted by atomic mass is 16.5. The molecule has 0 aromatic rings. The largest absolute Gasteiger partial charge is 0.504 e. The first kappa shape index (κ1) is 22.0. The van der Waals surface area contributed by atoms with Crippen molar-refractivity contribution in [1.82, 2.24) is 0 Å². The smallest absolute Gasteiger partial charge is 0.0824 e. The molecule has 0 rings (SSSR count). The Balaban J connectivity index is 3.12. The van der Waals surface area contributed by atoms with Crippen molar-refractivity contribution in [3.05, 3.63) is 36.6 Å². The van der Waals surface area contributed by atoms with Crippen molar-refractivity contribution in [2.24, 2.45) is 0 Å². The van der Waals surface area contributed by atoms with Crippen molar-refractivity contribution in [3.63, 3.8) is 0 Å². The van der Waals surface area contributed by atoms with Gasteiger partial charge in [-0.3, -0.25) is 0 Å². The monoisotopic (exact) mass is 320 g/mol. The zero-order valence-corrected chi connectivity index (χ0v) is 15.8. The second kappa shape index (κ2) is 21.0. The van der Waals surface area contributed by atoms with E-state index >= 15 is 0 Å². The lowest BCUT2D eigenvalue weighted by Gasteiger charge is -2.02. The van der Waals surface area contributed by atoms with E-state index in [-0.39, 0.29) is 0 Å². The molecule has 0 radical (unpaired) electrons. The van der Waals surface area contributed by atoms with E-state index in [1.165, 1.54) is 89.9 Å². The van der Waals surface area contributed by atoms with Crippen molar-refractivity contribution in [2.75, 3.05) is 7.11 Å². The highest BCUT2D eigenvalue weighted by Gasteiger charge is 1.93. The third-order valence-electron chi connectivity index (χ3n) is 4.16. The van der Waals surface area contributed by atoms with Gasteiger partial charge in [-0.1, -0.05) is 108 Å². The molecule has 1 nitrogen and oxygen atoms in total. The zero-order valence-electron chi connectivity index (χ0n) is 15.8. The quantitative estimate of drug-likeness (QED) is 0.151. The lowest BCUT2D eigenvalue weighted by atomic mass is 10.0. The molecule has 0 atom stereocenters. The third kappa shape index (κ3) is 21.0. The number of ether oxygens (including phenoxy) is 1. The molecule has 0 amide bonds. The van der Waals surface area contributed by atoms with Gasteiger partial charge in [0, 0.05) is 0 Å². The summed E-state index contributed by atoms with van der Waals surface area (Å²) in [6.07, 6.45) is 31.7. The molecule has 0 spiro atoms. The molecule has 0 heterocycles. The van der Waals surface area contributed by atoms with Gasteiger partial charge in [-0.15, -0.1) is 0 Å². The maximum absolute atomic E-state index is 4.82. The molecule has 23 heavy (non-hydrogen) atoms. The molecular formula is C22H40O. The van der Waals surface area contributed by atoms with E-state index in [0.29, 0.717) is 0 Å². The molecule has 0 aromatic heterocycles. The maximum Gasteiger partial charge on any atom is 0.0824 e. The Labute approximate surface area is 145 Å². The van der Waals surface area contributed by atoms with Crippen LogP contribution in [0.15, 0.2) is 36.6 Å². The molecule has 134 valence electrons. The second-order valence-electron chi connectivity index (χ2n) is 6.41. The van der Waals surface area contributed by atoms with E-state index in [2.05, 4.69) is 25.2 Å². The van der Waals surface area contributed by atoms with Crippen LogP contribution in [0.3, 0.4) is 0 Å². The molecule has 1 heteroatoms. The first-order valence-corrected chi connectivity index (χ1v) is 9.93. The zero-order chi connectivity index (χ0) is 16.8. The molecular weight excluding hydrogens is 280 g/mol. The van der Waals surface area contributed by atoms with Gasteiger partial charge in [0.05, 0.1) is 13.4 Å². The number of rotatable bonds is 17. The summed E-state index contributed by atoms with van der Waals surface area (Å²) in [5, 5.41) is 0. The molecule has 0 aliphatic carbocycles. The first-order valence-electron chi connectivity index (χ1n) is 9.93. The SMILES string of the molecule is CCCCCCCCCCCCCCCC=CC=CC=COC. The third-order valence-corrected chi connectivity index (χ3v) is 4.16. The van der Waals surface area contributed by atoms with Gasteiger partial charge in [0.15, 0.2) is 0 Å². The van der Waals surface area contributed by atoms with E-state index in [1.807, 2.05) is 12.2 Å². The molecule has 0 saturated heterocycles. The summed E-state index contributed by atoms with van der Waals surface area (Å²) in [6, 6.07) is 0. The van der Waals surface area contributed by atoms with Gasteiger partial charge < -0.3 is 4.74 Å². The standard InChI is InChI=1S/C22H40O/c1-3-4-5-6-7-8-9-10-11-12-13-14-15-16-17-18-19-20-21-22-23-2/h17-22H,3-16H2,1-2H3. The summed E-state index contributed by atoms with van der Waals surface area (Å²) in [5.41, 5.74) is 0. The first-order chi connectivity index (χ1) is 11.4. The Bertz CT molecular complexity index is 288. The predicted octanol–water partition coefficient (Wildman–Crippen LogP) is 7.74. The van der Waals surface area contributed by atoms with Gasteiger partial charge in [-0.05, 0) is 18.9 Å². The van der Waals surface area contributed by atoms with Crippen LogP contribution in [0.25, 0.3) is 0 Å². The van der Waals surface area contributed by atoms with Crippen LogP contribution in [0.4, 0.5) is 0 Å². The predicted molar refractivity (Wildman–Crippen MR) is 105 cm³/mol. The molecule has 0 N–H and O–H groups in total. The van der Waals surface area contributed by atoms with Crippen LogP contribution in [0.5, 0.6) is 0 Å². The van der Waals surface area contributed by atoms with Crippen molar-refractivity contribution in [3.8, 4) is 0 Å². The summed E-state index contributed by atoms with van der Waals surface area (Å²) in [7, 11) is 1.66. The summed E-state index contributed by atoms with van der Waals surface area (Å²) < 4.78 is 4.82. The van der Waals surface area contributed by atoms with E-state index < -0.39 is 0 Å². The van der Waals surface area contributed by atoms with Gasteiger partial charge in [-0.2, -0.15) is 0 Å². The fraction of sp³-hybridized carbons (Fsp3) is 0.727. The van der Waals surface area contributed by atoms with Crippen LogP contribution >= 0.6 is 0 Å². The number of allylic oxidation sites excluding steroid dienone is 5. The van der Waals surface area contributed by atoms with Crippen LogP contribution in [-0.4, -0.2) is 7.11 Å². The van der Waals surface area contributed by atoms with Crippen molar-refractivity contribution in [2.45, 2.75) is 96.8 Å². The minimum absolute atomic E-state index is 1.20.